The summed E-state index contributed by atoms with van der Waals surface area (Å²) < 4.78 is 1.17. The van der Waals surface area contributed by atoms with Crippen LogP contribution in [0.25, 0.3) is 0 Å². The van der Waals surface area contributed by atoms with Crippen LogP contribution < -0.4 is 10.2 Å². The van der Waals surface area contributed by atoms with Gasteiger partial charge in [0, 0.05) is 34.8 Å². The molecule has 1 atom stereocenters. The number of halogens is 1. The lowest BCUT2D eigenvalue weighted by Crippen LogP contribution is -2.62. The third-order valence-corrected chi connectivity index (χ3v) is 4.97. The Morgan fingerprint density at radius 2 is 2.11 bits per heavy atom. The Labute approximate surface area is 118 Å². The molecule has 1 spiro atoms. The SMILES string of the molecule is CC1CNC2(CCCC2)CN1c1cccc(Br)c1. The van der Waals surface area contributed by atoms with Gasteiger partial charge in [-0.1, -0.05) is 34.8 Å². The quantitative estimate of drug-likeness (QED) is 0.853. The molecule has 1 aliphatic carbocycles. The number of rotatable bonds is 1. The zero-order valence-electron chi connectivity index (χ0n) is 11.0. The van der Waals surface area contributed by atoms with Crippen LogP contribution in [0.2, 0.25) is 0 Å². The second-order valence-electron chi connectivity index (χ2n) is 5.83. The van der Waals surface area contributed by atoms with Gasteiger partial charge < -0.3 is 10.2 Å². The number of piperazine rings is 1. The van der Waals surface area contributed by atoms with E-state index < -0.39 is 0 Å². The maximum Gasteiger partial charge on any atom is 0.0387 e. The van der Waals surface area contributed by atoms with E-state index in [1.54, 1.807) is 0 Å². The fourth-order valence-electron chi connectivity index (χ4n) is 3.40. The Morgan fingerprint density at radius 3 is 2.83 bits per heavy atom. The smallest absolute Gasteiger partial charge is 0.0387 e. The first kappa shape index (κ1) is 12.5. The Balaban J connectivity index is 1.85. The molecule has 2 aliphatic rings. The predicted octanol–water partition coefficient (Wildman–Crippen LogP) is 3.56. The highest BCUT2D eigenvalue weighted by molar-refractivity contribution is 9.10. The average Bonchev–Trinajstić information content (AvgIpc) is 2.81. The largest absolute Gasteiger partial charge is 0.366 e. The van der Waals surface area contributed by atoms with Crippen molar-refractivity contribution in [3.63, 3.8) is 0 Å². The Morgan fingerprint density at radius 1 is 1.33 bits per heavy atom. The maximum absolute atomic E-state index is 3.81. The van der Waals surface area contributed by atoms with E-state index >= 15 is 0 Å². The minimum atomic E-state index is 0.384. The van der Waals surface area contributed by atoms with Gasteiger partial charge in [-0.15, -0.1) is 0 Å². The van der Waals surface area contributed by atoms with Gasteiger partial charge in [-0.3, -0.25) is 0 Å². The van der Waals surface area contributed by atoms with Crippen molar-refractivity contribution >= 4 is 21.6 Å². The van der Waals surface area contributed by atoms with E-state index in [0.717, 1.165) is 13.1 Å². The molecule has 1 N–H and O–H groups in total. The summed E-state index contributed by atoms with van der Waals surface area (Å²) in [6.07, 6.45) is 5.44. The summed E-state index contributed by atoms with van der Waals surface area (Å²) in [5.74, 6) is 0. The lowest BCUT2D eigenvalue weighted by Gasteiger charge is -2.46. The van der Waals surface area contributed by atoms with E-state index in [1.807, 2.05) is 0 Å². The Hall–Kier alpha value is -0.540. The van der Waals surface area contributed by atoms with E-state index in [4.69, 9.17) is 0 Å². The molecule has 3 rings (SSSR count). The van der Waals surface area contributed by atoms with Crippen LogP contribution in [-0.4, -0.2) is 24.7 Å². The molecule has 0 amide bonds. The molecule has 2 nitrogen and oxygen atoms in total. The topological polar surface area (TPSA) is 15.3 Å². The Bertz CT molecular complexity index is 426. The summed E-state index contributed by atoms with van der Waals surface area (Å²) in [5.41, 5.74) is 1.74. The van der Waals surface area contributed by atoms with Gasteiger partial charge in [0.2, 0.25) is 0 Å². The summed E-state index contributed by atoms with van der Waals surface area (Å²) in [6.45, 7) is 4.58. The summed E-state index contributed by atoms with van der Waals surface area (Å²) in [6, 6.07) is 9.28. The second kappa shape index (κ2) is 4.86. The van der Waals surface area contributed by atoms with Gasteiger partial charge in [0.1, 0.15) is 0 Å². The highest BCUT2D eigenvalue weighted by Gasteiger charge is 2.39. The molecule has 0 aromatic heterocycles. The van der Waals surface area contributed by atoms with Crippen molar-refractivity contribution in [3.8, 4) is 0 Å². The van der Waals surface area contributed by atoms with Crippen LogP contribution in [-0.2, 0) is 0 Å². The van der Waals surface area contributed by atoms with Gasteiger partial charge in [0.15, 0.2) is 0 Å². The third kappa shape index (κ3) is 2.30. The van der Waals surface area contributed by atoms with Gasteiger partial charge in [-0.05, 0) is 38.0 Å². The number of nitrogens with zero attached hydrogens (tertiary/aromatic N) is 1. The van der Waals surface area contributed by atoms with Gasteiger partial charge in [-0.25, -0.2) is 0 Å². The molecule has 1 unspecified atom stereocenters. The first-order valence-electron chi connectivity index (χ1n) is 6.96. The van der Waals surface area contributed by atoms with E-state index in [1.165, 1.54) is 35.8 Å². The standard InChI is InChI=1S/C15H21BrN2/c1-12-10-17-15(7-2-3-8-15)11-18(12)14-6-4-5-13(16)9-14/h4-6,9,12,17H,2-3,7-8,10-11H2,1H3. The number of hydrogen-bond acceptors (Lipinski definition) is 2. The fraction of sp³-hybridized carbons (Fsp3) is 0.600. The highest BCUT2D eigenvalue weighted by Crippen LogP contribution is 2.35. The van der Waals surface area contributed by atoms with Crippen molar-refractivity contribution in [2.24, 2.45) is 0 Å². The highest BCUT2D eigenvalue weighted by atomic mass is 79.9. The van der Waals surface area contributed by atoms with Gasteiger partial charge in [0.05, 0.1) is 0 Å². The van der Waals surface area contributed by atoms with Crippen molar-refractivity contribution in [2.75, 3.05) is 18.0 Å². The zero-order valence-corrected chi connectivity index (χ0v) is 12.5. The summed E-state index contributed by atoms with van der Waals surface area (Å²) in [7, 11) is 0. The predicted molar refractivity (Wildman–Crippen MR) is 80.2 cm³/mol. The lowest BCUT2D eigenvalue weighted by atomic mass is 9.92. The monoisotopic (exact) mass is 308 g/mol. The van der Waals surface area contributed by atoms with Crippen LogP contribution in [0.1, 0.15) is 32.6 Å². The van der Waals surface area contributed by atoms with Crippen molar-refractivity contribution in [2.45, 2.75) is 44.2 Å². The van der Waals surface area contributed by atoms with Crippen LogP contribution in [0.5, 0.6) is 0 Å². The van der Waals surface area contributed by atoms with Crippen molar-refractivity contribution in [1.82, 2.24) is 5.32 Å². The fourth-order valence-corrected chi connectivity index (χ4v) is 3.79. The van der Waals surface area contributed by atoms with E-state index in [0.29, 0.717) is 11.6 Å². The average molecular weight is 309 g/mol. The minimum Gasteiger partial charge on any atom is -0.366 e. The molecule has 3 heteroatoms. The molecule has 1 saturated carbocycles. The molecule has 0 radical (unpaired) electrons. The Kier molecular flexibility index (Phi) is 3.37. The third-order valence-electron chi connectivity index (χ3n) is 4.48. The van der Waals surface area contributed by atoms with Crippen LogP contribution in [0.15, 0.2) is 28.7 Å². The zero-order chi connectivity index (χ0) is 12.6. The molecule has 1 aliphatic heterocycles. The van der Waals surface area contributed by atoms with E-state index in [2.05, 4.69) is 57.3 Å². The van der Waals surface area contributed by atoms with Crippen LogP contribution in [0, 0.1) is 0 Å². The molecule has 1 aromatic carbocycles. The molecule has 2 fully saturated rings. The summed E-state index contributed by atoms with van der Waals surface area (Å²) in [5, 5.41) is 3.81. The second-order valence-corrected chi connectivity index (χ2v) is 6.74. The molecule has 98 valence electrons. The number of hydrogen-bond donors (Lipinski definition) is 1. The molecule has 18 heavy (non-hydrogen) atoms. The summed E-state index contributed by atoms with van der Waals surface area (Å²) in [4.78, 5) is 2.58. The molecular weight excluding hydrogens is 288 g/mol. The molecular formula is C15H21BrN2. The van der Waals surface area contributed by atoms with Crippen LogP contribution in [0.4, 0.5) is 5.69 Å². The molecule has 1 saturated heterocycles. The van der Waals surface area contributed by atoms with Crippen LogP contribution in [0.3, 0.4) is 0 Å². The van der Waals surface area contributed by atoms with Crippen LogP contribution >= 0.6 is 15.9 Å². The molecule has 1 heterocycles. The number of anilines is 1. The van der Waals surface area contributed by atoms with Crippen molar-refractivity contribution < 1.29 is 0 Å². The first-order valence-corrected chi connectivity index (χ1v) is 7.75. The maximum atomic E-state index is 3.81. The number of benzene rings is 1. The minimum absolute atomic E-state index is 0.384. The van der Waals surface area contributed by atoms with E-state index in [9.17, 15) is 0 Å². The van der Waals surface area contributed by atoms with E-state index in [-0.39, 0.29) is 0 Å². The summed E-state index contributed by atoms with van der Waals surface area (Å²) >= 11 is 3.58. The lowest BCUT2D eigenvalue weighted by molar-refractivity contribution is 0.276. The van der Waals surface area contributed by atoms with Crippen molar-refractivity contribution in [3.05, 3.63) is 28.7 Å². The van der Waals surface area contributed by atoms with Gasteiger partial charge in [0.25, 0.3) is 0 Å². The van der Waals surface area contributed by atoms with Crippen molar-refractivity contribution in [1.29, 1.82) is 0 Å². The molecule has 0 bridgehead atoms. The first-order chi connectivity index (χ1) is 8.69. The normalized spacial score (nSPS) is 26.8. The molecule has 1 aromatic rings. The number of nitrogens with one attached hydrogen (secondary N) is 1. The van der Waals surface area contributed by atoms with Gasteiger partial charge in [-0.2, -0.15) is 0 Å². The van der Waals surface area contributed by atoms with Gasteiger partial charge >= 0.3 is 0 Å².